The van der Waals surface area contributed by atoms with Crippen LogP contribution in [0.5, 0.6) is 11.5 Å². The molecule has 1 aliphatic rings. The zero-order valence-electron chi connectivity index (χ0n) is 18.7. The zero-order valence-corrected chi connectivity index (χ0v) is 19.5. The summed E-state index contributed by atoms with van der Waals surface area (Å²) in [5, 5.41) is 0. The van der Waals surface area contributed by atoms with E-state index >= 15 is 0 Å². The average molecular weight is 484 g/mol. The molecule has 10 nitrogen and oxygen atoms in total. The van der Waals surface area contributed by atoms with Gasteiger partial charge >= 0.3 is 5.97 Å². The third-order valence-electron chi connectivity index (χ3n) is 5.17. The molecular weight excluding hydrogens is 462 g/mol. The topological polar surface area (TPSA) is 116 Å². The Hall–Kier alpha value is -3.99. The number of hydrogen-bond donors (Lipinski definition) is 0. The summed E-state index contributed by atoms with van der Waals surface area (Å²) in [7, 11) is 2.99. The summed E-state index contributed by atoms with van der Waals surface area (Å²) >= 11 is 1.15. The van der Waals surface area contributed by atoms with Crippen molar-refractivity contribution < 1.29 is 33.4 Å². The summed E-state index contributed by atoms with van der Waals surface area (Å²) in [6.45, 7) is 1.18. The van der Waals surface area contributed by atoms with Crippen LogP contribution in [0.15, 0.2) is 41.4 Å². The van der Waals surface area contributed by atoms with Crippen LogP contribution in [0.1, 0.15) is 27.6 Å². The van der Waals surface area contributed by atoms with Crippen molar-refractivity contribution in [2.45, 2.75) is 13.5 Å². The van der Waals surface area contributed by atoms with Gasteiger partial charge in [0.1, 0.15) is 13.1 Å². The highest BCUT2D eigenvalue weighted by Crippen LogP contribution is 2.33. The molecule has 0 saturated heterocycles. The lowest BCUT2D eigenvalue weighted by Crippen LogP contribution is -2.35. The SMILES string of the molecule is CCOC(=O)Cn1c(=NC(=O)CN2C(=O)c3ccccc3C2=O)sc2cc(OC)c(OC)cc21. The van der Waals surface area contributed by atoms with Gasteiger partial charge in [-0.2, -0.15) is 4.99 Å². The monoisotopic (exact) mass is 483 g/mol. The summed E-state index contributed by atoms with van der Waals surface area (Å²) in [5.41, 5.74) is 1.08. The Morgan fingerprint density at radius 3 is 2.18 bits per heavy atom. The van der Waals surface area contributed by atoms with Crippen LogP contribution in [0.2, 0.25) is 0 Å². The van der Waals surface area contributed by atoms with Crippen LogP contribution in [-0.2, 0) is 20.9 Å². The van der Waals surface area contributed by atoms with Crippen molar-refractivity contribution in [3.05, 3.63) is 52.3 Å². The fraction of sp³-hybridized carbons (Fsp3) is 0.261. The molecular formula is C23H21N3O7S. The zero-order chi connectivity index (χ0) is 24.4. The molecule has 0 fully saturated rings. The van der Waals surface area contributed by atoms with E-state index in [0.29, 0.717) is 21.7 Å². The number of ether oxygens (including phenoxy) is 3. The van der Waals surface area contributed by atoms with Crippen LogP contribution in [0.3, 0.4) is 0 Å². The fourth-order valence-corrected chi connectivity index (χ4v) is 4.69. The van der Waals surface area contributed by atoms with Crippen molar-refractivity contribution in [2.75, 3.05) is 27.4 Å². The van der Waals surface area contributed by atoms with Crippen molar-refractivity contribution in [3.63, 3.8) is 0 Å². The Labute approximate surface area is 198 Å². The number of carbonyl (C=O) groups excluding carboxylic acids is 4. The normalized spacial score (nSPS) is 13.4. The van der Waals surface area contributed by atoms with Gasteiger partial charge in [-0.3, -0.25) is 24.1 Å². The Morgan fingerprint density at radius 2 is 1.59 bits per heavy atom. The second-order valence-electron chi connectivity index (χ2n) is 7.20. The van der Waals surface area contributed by atoms with Crippen LogP contribution in [0, 0.1) is 0 Å². The second-order valence-corrected chi connectivity index (χ2v) is 8.21. The van der Waals surface area contributed by atoms with Crippen molar-refractivity contribution in [2.24, 2.45) is 4.99 Å². The van der Waals surface area contributed by atoms with Gasteiger partial charge in [0.2, 0.25) is 0 Å². The first kappa shape index (κ1) is 23.2. The van der Waals surface area contributed by atoms with Crippen LogP contribution in [-0.4, -0.2) is 60.5 Å². The molecule has 11 heteroatoms. The number of amides is 3. The van der Waals surface area contributed by atoms with E-state index in [1.165, 1.54) is 30.9 Å². The standard InChI is InChI=1S/C23H21N3O7S/c1-4-33-20(28)12-25-15-9-16(31-2)17(32-3)10-18(15)34-23(25)24-19(27)11-26-21(29)13-7-5-6-8-14(13)22(26)30/h5-10H,4,11-12H2,1-3H3. The molecule has 0 N–H and O–H groups in total. The quantitative estimate of drug-likeness (QED) is 0.373. The number of carbonyl (C=O) groups is 4. The van der Waals surface area contributed by atoms with Gasteiger partial charge < -0.3 is 18.8 Å². The molecule has 1 aromatic heterocycles. The van der Waals surface area contributed by atoms with Crippen LogP contribution < -0.4 is 14.3 Å². The van der Waals surface area contributed by atoms with E-state index in [0.717, 1.165) is 16.2 Å². The van der Waals surface area contributed by atoms with E-state index in [4.69, 9.17) is 14.2 Å². The summed E-state index contributed by atoms with van der Waals surface area (Å²) in [4.78, 5) is 55.4. The highest BCUT2D eigenvalue weighted by Gasteiger charge is 2.36. The molecule has 1 aliphatic heterocycles. The maximum Gasteiger partial charge on any atom is 0.326 e. The third kappa shape index (κ3) is 4.17. The predicted molar refractivity (Wildman–Crippen MR) is 122 cm³/mol. The van der Waals surface area contributed by atoms with Gasteiger partial charge in [-0.1, -0.05) is 23.5 Å². The summed E-state index contributed by atoms with van der Waals surface area (Å²) < 4.78 is 18.0. The van der Waals surface area contributed by atoms with Gasteiger partial charge in [-0.15, -0.1) is 0 Å². The fourth-order valence-electron chi connectivity index (χ4n) is 3.63. The third-order valence-corrected chi connectivity index (χ3v) is 6.21. The van der Waals surface area contributed by atoms with Crippen molar-refractivity contribution >= 4 is 45.2 Å². The summed E-state index contributed by atoms with van der Waals surface area (Å²) in [5.74, 6) is -1.40. The molecule has 0 atom stereocenters. The molecule has 176 valence electrons. The lowest BCUT2D eigenvalue weighted by atomic mass is 10.1. The summed E-state index contributed by atoms with van der Waals surface area (Å²) in [6, 6.07) is 9.77. The van der Waals surface area contributed by atoms with E-state index in [-0.39, 0.29) is 29.1 Å². The predicted octanol–water partition coefficient (Wildman–Crippen LogP) is 2.01. The second kappa shape index (κ2) is 9.48. The molecule has 2 aromatic carbocycles. The van der Waals surface area contributed by atoms with Gasteiger partial charge in [0.15, 0.2) is 16.3 Å². The van der Waals surface area contributed by atoms with Gasteiger partial charge in [-0.05, 0) is 19.1 Å². The lowest BCUT2D eigenvalue weighted by Gasteiger charge is -2.11. The Morgan fingerprint density at radius 1 is 0.971 bits per heavy atom. The number of hydrogen-bond acceptors (Lipinski definition) is 8. The number of thiazole rings is 1. The van der Waals surface area contributed by atoms with E-state index in [2.05, 4.69) is 4.99 Å². The molecule has 3 amide bonds. The highest BCUT2D eigenvalue weighted by atomic mass is 32.1. The largest absolute Gasteiger partial charge is 0.493 e. The van der Waals surface area contributed by atoms with Crippen LogP contribution in [0.4, 0.5) is 0 Å². The first-order chi connectivity index (χ1) is 16.4. The van der Waals surface area contributed by atoms with E-state index in [1.807, 2.05) is 0 Å². The number of imide groups is 1. The van der Waals surface area contributed by atoms with E-state index in [1.54, 1.807) is 31.2 Å². The number of aromatic nitrogens is 1. The smallest absolute Gasteiger partial charge is 0.326 e. The number of nitrogens with zero attached hydrogens (tertiary/aromatic N) is 3. The van der Waals surface area contributed by atoms with Crippen molar-refractivity contribution in [1.29, 1.82) is 0 Å². The highest BCUT2D eigenvalue weighted by molar-refractivity contribution is 7.16. The number of esters is 1. The molecule has 0 spiro atoms. The molecule has 0 bridgehead atoms. The minimum atomic E-state index is -0.711. The molecule has 2 heterocycles. The molecule has 0 radical (unpaired) electrons. The number of benzene rings is 2. The maximum absolute atomic E-state index is 12.8. The minimum absolute atomic E-state index is 0.192. The average Bonchev–Trinajstić information content (AvgIpc) is 3.27. The maximum atomic E-state index is 12.8. The van der Waals surface area contributed by atoms with E-state index < -0.39 is 30.2 Å². The molecule has 0 aliphatic carbocycles. The number of methoxy groups -OCH3 is 2. The molecule has 0 saturated carbocycles. The first-order valence-corrected chi connectivity index (χ1v) is 11.1. The van der Waals surface area contributed by atoms with Crippen LogP contribution in [0.25, 0.3) is 10.2 Å². The molecule has 34 heavy (non-hydrogen) atoms. The summed E-state index contributed by atoms with van der Waals surface area (Å²) in [6.07, 6.45) is 0. The Balaban J connectivity index is 1.73. The first-order valence-electron chi connectivity index (χ1n) is 10.3. The number of rotatable bonds is 7. The molecule has 4 rings (SSSR count). The van der Waals surface area contributed by atoms with Gasteiger partial charge in [0, 0.05) is 12.1 Å². The Kier molecular flexibility index (Phi) is 6.46. The number of fused-ring (bicyclic) bond motifs is 2. The van der Waals surface area contributed by atoms with Crippen molar-refractivity contribution in [3.8, 4) is 11.5 Å². The van der Waals surface area contributed by atoms with E-state index in [9.17, 15) is 19.2 Å². The van der Waals surface area contributed by atoms with Crippen LogP contribution >= 0.6 is 11.3 Å². The molecule has 3 aromatic rings. The minimum Gasteiger partial charge on any atom is -0.493 e. The van der Waals surface area contributed by atoms with Gasteiger partial charge in [-0.25, -0.2) is 0 Å². The van der Waals surface area contributed by atoms with Gasteiger partial charge in [0.25, 0.3) is 17.7 Å². The lowest BCUT2D eigenvalue weighted by molar-refractivity contribution is -0.143. The van der Waals surface area contributed by atoms with Gasteiger partial charge in [0.05, 0.1) is 42.2 Å². The molecule has 0 unspecified atom stereocenters. The van der Waals surface area contributed by atoms with Crippen molar-refractivity contribution in [1.82, 2.24) is 9.47 Å². The Bertz CT molecular complexity index is 1350.